The molecule has 3 rings (SSSR count). The molecule has 3 nitrogen and oxygen atoms in total. The third-order valence-corrected chi connectivity index (χ3v) is 3.24. The monoisotopic (exact) mass is 236 g/mol. The minimum absolute atomic E-state index is 0.284. The Morgan fingerprint density at radius 3 is 2.89 bits per heavy atom. The molecule has 0 spiro atoms. The maximum atomic E-state index is 4.18. The Bertz CT molecular complexity index is 643. The summed E-state index contributed by atoms with van der Waals surface area (Å²) in [6.07, 6.45) is 6.35. The lowest BCUT2D eigenvalue weighted by Crippen LogP contribution is -2.00. The molecule has 0 saturated heterocycles. The summed E-state index contributed by atoms with van der Waals surface area (Å²) in [5, 5.41) is 8.18. The minimum atomic E-state index is 0.284. The zero-order valence-corrected chi connectivity index (χ0v) is 10.0. The molecule has 2 heterocycles. The predicted molar refractivity (Wildman–Crippen MR) is 72.1 cm³/mol. The summed E-state index contributed by atoms with van der Waals surface area (Å²) in [4.78, 5) is 4.18. The second-order valence-electron chi connectivity index (χ2n) is 4.34. The van der Waals surface area contributed by atoms with Crippen molar-refractivity contribution in [2.24, 2.45) is 0 Å². The Morgan fingerprint density at radius 2 is 2.11 bits per heavy atom. The van der Waals surface area contributed by atoms with Crippen LogP contribution in [0.5, 0.6) is 0 Å². The van der Waals surface area contributed by atoms with Gasteiger partial charge in [-0.05, 0) is 29.7 Å². The Hall–Kier alpha value is -2.16. The number of nitrogens with one attached hydrogen (secondary N) is 1. The number of aromatic amines is 1. The van der Waals surface area contributed by atoms with Gasteiger partial charge in [-0.25, -0.2) is 0 Å². The summed E-state index contributed by atoms with van der Waals surface area (Å²) in [6, 6.07) is 10.4. The van der Waals surface area contributed by atoms with Crippen LogP contribution in [0.15, 0.2) is 48.9 Å². The molecule has 0 saturated carbocycles. The molecule has 3 heteroatoms. The smallest absolute Gasteiger partial charge is 0.0653 e. The largest absolute Gasteiger partial charge is 0.278 e. The predicted octanol–water partition coefficient (Wildman–Crippen LogP) is 3.31. The van der Waals surface area contributed by atoms with Gasteiger partial charge in [0, 0.05) is 23.7 Å². The van der Waals surface area contributed by atoms with Gasteiger partial charge in [0.05, 0.1) is 11.7 Å². The highest BCUT2D eigenvalue weighted by molar-refractivity contribution is 5.78. The third-order valence-electron chi connectivity index (χ3n) is 3.24. The first-order valence-electron chi connectivity index (χ1n) is 6.00. The van der Waals surface area contributed by atoms with E-state index in [1.54, 1.807) is 6.20 Å². The zero-order valence-electron chi connectivity index (χ0n) is 10.0. The van der Waals surface area contributed by atoms with Gasteiger partial charge in [-0.3, -0.25) is 10.1 Å². The van der Waals surface area contributed by atoms with E-state index >= 15 is 0 Å². The quantitative estimate of drug-likeness (QED) is 0.758. The van der Waals surface area contributed by atoms with Crippen LogP contribution in [0.25, 0.3) is 10.9 Å². The first kappa shape index (κ1) is 11.0. The van der Waals surface area contributed by atoms with Gasteiger partial charge in [0.1, 0.15) is 0 Å². The normalized spacial score (nSPS) is 12.7. The lowest BCUT2D eigenvalue weighted by Gasteiger charge is -2.15. The fourth-order valence-electron chi connectivity index (χ4n) is 2.28. The van der Waals surface area contributed by atoms with Crippen LogP contribution < -0.4 is 0 Å². The highest BCUT2D eigenvalue weighted by Gasteiger charge is 2.12. The van der Waals surface area contributed by atoms with Gasteiger partial charge in [0.2, 0.25) is 0 Å². The molecule has 0 fully saturated rings. The Labute approximate surface area is 106 Å². The molecule has 89 valence electrons. The van der Waals surface area contributed by atoms with E-state index in [9.17, 15) is 0 Å². The highest BCUT2D eigenvalue weighted by Crippen LogP contribution is 2.28. The third kappa shape index (κ3) is 1.88. The number of H-pyrrole nitrogens is 1. The highest BCUT2D eigenvalue weighted by atomic mass is 15.1. The average molecular weight is 236 g/mol. The van der Waals surface area contributed by atoms with E-state index in [2.05, 4.69) is 46.4 Å². The number of benzene rings is 1. The van der Waals surface area contributed by atoms with E-state index in [4.69, 9.17) is 0 Å². The van der Waals surface area contributed by atoms with Crippen molar-refractivity contribution >= 4 is 10.9 Å². The molecule has 1 atom stereocenters. The Morgan fingerprint density at radius 1 is 1.17 bits per heavy atom. The molecule has 0 aliphatic heterocycles. The summed E-state index contributed by atoms with van der Waals surface area (Å²) in [5.74, 6) is 0.284. The van der Waals surface area contributed by atoms with Gasteiger partial charge >= 0.3 is 0 Å². The summed E-state index contributed by atoms with van der Waals surface area (Å²) < 4.78 is 0. The number of hydrogen-bond donors (Lipinski definition) is 1. The summed E-state index contributed by atoms with van der Waals surface area (Å²) in [7, 11) is 0. The van der Waals surface area contributed by atoms with Crippen LogP contribution >= 0.6 is 0 Å². The lowest BCUT2D eigenvalue weighted by atomic mass is 9.90. The molecule has 2 aromatic heterocycles. The van der Waals surface area contributed by atoms with Crippen molar-refractivity contribution in [3.05, 3.63) is 67.0 Å². The second kappa shape index (κ2) is 4.61. The van der Waals surface area contributed by atoms with E-state index in [0.717, 1.165) is 17.3 Å². The molecule has 3 aromatic rings. The summed E-state index contributed by atoms with van der Waals surface area (Å²) in [5.41, 5.74) is 3.51. The number of hydrogen-bond acceptors (Lipinski definition) is 2. The SMILES string of the molecule is [CH2]CC(c1cccnc1)c1ccc2cn[nH]c2c1. The molecule has 1 aromatic carbocycles. The van der Waals surface area contributed by atoms with Gasteiger partial charge in [-0.1, -0.05) is 25.1 Å². The van der Waals surface area contributed by atoms with E-state index in [0.29, 0.717) is 0 Å². The van der Waals surface area contributed by atoms with Crippen molar-refractivity contribution in [1.29, 1.82) is 0 Å². The van der Waals surface area contributed by atoms with Crippen LogP contribution in [-0.2, 0) is 0 Å². The van der Waals surface area contributed by atoms with Crippen molar-refractivity contribution in [3.8, 4) is 0 Å². The lowest BCUT2D eigenvalue weighted by molar-refractivity contribution is 0.822. The topological polar surface area (TPSA) is 41.6 Å². The molecule has 0 aliphatic carbocycles. The fourth-order valence-corrected chi connectivity index (χ4v) is 2.28. The number of rotatable bonds is 3. The van der Waals surface area contributed by atoms with Crippen LogP contribution in [-0.4, -0.2) is 15.2 Å². The molecule has 1 N–H and O–H groups in total. The standard InChI is InChI=1S/C15H14N3/c1-2-14(12-4-3-7-16-9-12)11-5-6-13-10-17-18-15(13)8-11/h3-10,14H,1-2H2,(H,17,18). The van der Waals surface area contributed by atoms with Crippen LogP contribution in [0, 0.1) is 6.92 Å². The van der Waals surface area contributed by atoms with Crippen molar-refractivity contribution in [3.63, 3.8) is 0 Å². The average Bonchev–Trinajstić information content (AvgIpc) is 2.88. The molecule has 1 radical (unpaired) electrons. The second-order valence-corrected chi connectivity index (χ2v) is 4.34. The van der Waals surface area contributed by atoms with E-state index < -0.39 is 0 Å². The van der Waals surface area contributed by atoms with E-state index in [-0.39, 0.29) is 5.92 Å². The van der Waals surface area contributed by atoms with Crippen LogP contribution in [0.1, 0.15) is 23.5 Å². The number of pyridine rings is 1. The van der Waals surface area contributed by atoms with Crippen molar-refractivity contribution in [1.82, 2.24) is 15.2 Å². The molecule has 18 heavy (non-hydrogen) atoms. The molecule has 0 bridgehead atoms. The Balaban J connectivity index is 2.05. The number of fused-ring (bicyclic) bond motifs is 1. The maximum absolute atomic E-state index is 4.18. The van der Waals surface area contributed by atoms with Crippen LogP contribution in [0.4, 0.5) is 0 Å². The van der Waals surface area contributed by atoms with E-state index in [1.807, 2.05) is 18.5 Å². The van der Waals surface area contributed by atoms with Crippen molar-refractivity contribution in [2.45, 2.75) is 12.3 Å². The van der Waals surface area contributed by atoms with Gasteiger partial charge < -0.3 is 0 Å². The van der Waals surface area contributed by atoms with Gasteiger partial charge in [-0.2, -0.15) is 5.10 Å². The molecular formula is C15H14N3. The summed E-state index contributed by atoms with van der Waals surface area (Å²) >= 11 is 0. The first-order chi connectivity index (χ1) is 8.88. The van der Waals surface area contributed by atoms with Crippen molar-refractivity contribution < 1.29 is 0 Å². The Kier molecular flexibility index (Phi) is 2.81. The van der Waals surface area contributed by atoms with Crippen LogP contribution in [0.2, 0.25) is 0 Å². The molecular weight excluding hydrogens is 222 g/mol. The zero-order chi connectivity index (χ0) is 12.4. The van der Waals surface area contributed by atoms with Gasteiger partial charge in [-0.15, -0.1) is 0 Å². The van der Waals surface area contributed by atoms with Crippen LogP contribution in [0.3, 0.4) is 0 Å². The van der Waals surface area contributed by atoms with Crippen molar-refractivity contribution in [2.75, 3.05) is 0 Å². The molecule has 0 aliphatic rings. The van der Waals surface area contributed by atoms with Gasteiger partial charge in [0.25, 0.3) is 0 Å². The fraction of sp³-hybridized carbons (Fsp3) is 0.133. The minimum Gasteiger partial charge on any atom is -0.278 e. The number of aromatic nitrogens is 3. The summed E-state index contributed by atoms with van der Waals surface area (Å²) in [6.45, 7) is 4.05. The first-order valence-corrected chi connectivity index (χ1v) is 6.00. The number of nitrogens with zero attached hydrogens (tertiary/aromatic N) is 2. The molecule has 1 unspecified atom stereocenters. The maximum Gasteiger partial charge on any atom is 0.0653 e. The van der Waals surface area contributed by atoms with E-state index in [1.165, 1.54) is 11.1 Å². The molecule has 0 amide bonds. The van der Waals surface area contributed by atoms with Gasteiger partial charge in [0.15, 0.2) is 0 Å².